The van der Waals surface area contributed by atoms with E-state index in [1.165, 1.54) is 0 Å². The number of urea groups is 1. The second kappa shape index (κ2) is 7.71. The van der Waals surface area contributed by atoms with Gasteiger partial charge in [-0.05, 0) is 55.3 Å². The number of para-hydroxylation sites is 1. The molecule has 2 N–H and O–H groups in total. The maximum absolute atomic E-state index is 13.1. The molecule has 2 aliphatic heterocycles. The van der Waals surface area contributed by atoms with Gasteiger partial charge in [0.15, 0.2) is 5.72 Å². The van der Waals surface area contributed by atoms with Crippen molar-refractivity contribution in [2.24, 2.45) is 0 Å². The highest BCUT2D eigenvalue weighted by atomic mass is 16.5. The molecule has 0 saturated carbocycles. The van der Waals surface area contributed by atoms with E-state index in [0.717, 1.165) is 29.0 Å². The van der Waals surface area contributed by atoms with Crippen LogP contribution in [-0.4, -0.2) is 17.7 Å². The van der Waals surface area contributed by atoms with Gasteiger partial charge in [0.25, 0.3) is 5.91 Å². The van der Waals surface area contributed by atoms with Crippen LogP contribution in [0, 0.1) is 0 Å². The number of nitrogens with one attached hydrogen (secondary N) is 2. The molecule has 1 fully saturated rings. The first-order valence-electron chi connectivity index (χ1n) is 10.9. The highest BCUT2D eigenvalue weighted by Crippen LogP contribution is 2.45. The molecule has 0 spiro atoms. The van der Waals surface area contributed by atoms with Crippen LogP contribution in [0.1, 0.15) is 47.8 Å². The molecule has 3 amide bonds. The van der Waals surface area contributed by atoms with Crippen molar-refractivity contribution in [3.63, 3.8) is 0 Å². The van der Waals surface area contributed by atoms with E-state index in [1.54, 1.807) is 23.1 Å². The van der Waals surface area contributed by atoms with E-state index in [9.17, 15) is 9.59 Å². The average molecular weight is 428 g/mol. The zero-order chi connectivity index (χ0) is 22.3. The number of benzene rings is 3. The third-order valence-corrected chi connectivity index (χ3v) is 6.14. The van der Waals surface area contributed by atoms with E-state index in [-0.39, 0.29) is 18.0 Å². The molecule has 2 atom stereocenters. The Morgan fingerprint density at radius 2 is 1.94 bits per heavy atom. The van der Waals surface area contributed by atoms with Crippen molar-refractivity contribution in [1.82, 2.24) is 5.32 Å². The Morgan fingerprint density at radius 1 is 1.12 bits per heavy atom. The van der Waals surface area contributed by atoms with Gasteiger partial charge in [0, 0.05) is 23.2 Å². The molecule has 1 saturated heterocycles. The first-order chi connectivity index (χ1) is 15.5. The van der Waals surface area contributed by atoms with Gasteiger partial charge in [0.2, 0.25) is 0 Å². The summed E-state index contributed by atoms with van der Waals surface area (Å²) in [6.07, 6.45) is 1.50. The molecule has 3 aromatic carbocycles. The van der Waals surface area contributed by atoms with Crippen LogP contribution in [0.3, 0.4) is 0 Å². The molecule has 2 aliphatic rings. The number of anilines is 2. The molecule has 0 aromatic heterocycles. The SMILES string of the molecule is CCc1cccc(NC(=O)c2cccc(N3C(=O)NC4CC3(C)Oc3ccccc34)c2)c1. The Balaban J connectivity index is 1.44. The number of hydrogen-bond donors (Lipinski definition) is 2. The zero-order valence-electron chi connectivity index (χ0n) is 18.1. The molecule has 2 bridgehead atoms. The first kappa shape index (κ1) is 20.1. The van der Waals surface area contributed by atoms with Crippen LogP contribution < -0.4 is 20.3 Å². The molecule has 162 valence electrons. The topological polar surface area (TPSA) is 70.7 Å². The van der Waals surface area contributed by atoms with Crippen molar-refractivity contribution in [3.05, 3.63) is 89.5 Å². The summed E-state index contributed by atoms with van der Waals surface area (Å²) >= 11 is 0. The maximum Gasteiger partial charge on any atom is 0.325 e. The Kier molecular flexibility index (Phi) is 4.85. The van der Waals surface area contributed by atoms with Crippen LogP contribution in [0.5, 0.6) is 5.75 Å². The summed E-state index contributed by atoms with van der Waals surface area (Å²) in [6, 6.07) is 22.3. The molecule has 6 nitrogen and oxygen atoms in total. The Bertz CT molecular complexity index is 1210. The molecule has 0 aliphatic carbocycles. The summed E-state index contributed by atoms with van der Waals surface area (Å²) in [5.41, 5.74) is 3.11. The van der Waals surface area contributed by atoms with E-state index < -0.39 is 5.72 Å². The Morgan fingerprint density at radius 3 is 2.78 bits per heavy atom. The lowest BCUT2D eigenvalue weighted by molar-refractivity contribution is 0.0378. The van der Waals surface area contributed by atoms with E-state index in [4.69, 9.17) is 4.74 Å². The molecule has 2 heterocycles. The van der Waals surface area contributed by atoms with E-state index in [1.807, 2.05) is 61.5 Å². The normalized spacial score (nSPS) is 21.2. The monoisotopic (exact) mass is 427 g/mol. The van der Waals surface area contributed by atoms with Gasteiger partial charge >= 0.3 is 6.03 Å². The number of rotatable bonds is 4. The van der Waals surface area contributed by atoms with Crippen molar-refractivity contribution < 1.29 is 14.3 Å². The summed E-state index contributed by atoms with van der Waals surface area (Å²) < 4.78 is 6.31. The van der Waals surface area contributed by atoms with Gasteiger partial charge < -0.3 is 15.4 Å². The second-order valence-corrected chi connectivity index (χ2v) is 8.41. The predicted octanol–water partition coefficient (Wildman–Crippen LogP) is 5.27. The third-order valence-electron chi connectivity index (χ3n) is 6.14. The standard InChI is InChI=1S/C26H25N3O3/c1-3-17-8-6-10-19(14-17)27-24(30)18-9-7-11-20(15-18)29-25(31)28-22-16-26(29,2)32-23-13-5-4-12-21(22)23/h4-15,22H,3,16H2,1-2H3,(H,27,30)(H,28,31). The minimum absolute atomic E-state index is 0.106. The van der Waals surface area contributed by atoms with Crippen molar-refractivity contribution >= 4 is 23.3 Å². The molecule has 0 radical (unpaired) electrons. The number of ether oxygens (including phenoxy) is 1. The predicted molar refractivity (Wildman–Crippen MR) is 124 cm³/mol. The highest BCUT2D eigenvalue weighted by molar-refractivity contribution is 6.05. The number of amides is 3. The first-order valence-corrected chi connectivity index (χ1v) is 10.9. The number of fused-ring (bicyclic) bond motifs is 4. The van der Waals surface area contributed by atoms with Gasteiger partial charge in [-0.15, -0.1) is 0 Å². The smallest absolute Gasteiger partial charge is 0.325 e. The Hall–Kier alpha value is -3.80. The second-order valence-electron chi connectivity index (χ2n) is 8.41. The van der Waals surface area contributed by atoms with Gasteiger partial charge in [-0.25, -0.2) is 4.79 Å². The lowest BCUT2D eigenvalue weighted by atomic mass is 9.90. The van der Waals surface area contributed by atoms with E-state index >= 15 is 0 Å². The molecular formula is C26H25N3O3. The van der Waals surface area contributed by atoms with Gasteiger partial charge in [0.05, 0.1) is 11.7 Å². The van der Waals surface area contributed by atoms with Gasteiger partial charge in [-0.3, -0.25) is 9.69 Å². The Labute approximate surface area is 187 Å². The number of aryl methyl sites for hydroxylation is 1. The quantitative estimate of drug-likeness (QED) is 0.596. The van der Waals surface area contributed by atoms with Gasteiger partial charge in [0.1, 0.15) is 5.75 Å². The van der Waals surface area contributed by atoms with Crippen LogP contribution >= 0.6 is 0 Å². The van der Waals surface area contributed by atoms with Crippen molar-refractivity contribution in [2.45, 2.75) is 38.5 Å². The molecule has 2 unspecified atom stereocenters. The third kappa shape index (κ3) is 3.47. The van der Waals surface area contributed by atoms with E-state index in [2.05, 4.69) is 17.6 Å². The fraction of sp³-hybridized carbons (Fsp3) is 0.231. The molecular weight excluding hydrogens is 402 g/mol. The van der Waals surface area contributed by atoms with Crippen molar-refractivity contribution in [1.29, 1.82) is 0 Å². The largest absolute Gasteiger partial charge is 0.467 e. The van der Waals surface area contributed by atoms with E-state index in [0.29, 0.717) is 17.7 Å². The molecule has 6 heteroatoms. The van der Waals surface area contributed by atoms with Crippen LogP contribution in [0.25, 0.3) is 0 Å². The number of nitrogens with zero attached hydrogens (tertiary/aromatic N) is 1. The highest BCUT2D eigenvalue weighted by Gasteiger charge is 2.49. The zero-order valence-corrected chi connectivity index (χ0v) is 18.1. The number of carbonyl (C=O) groups is 2. The van der Waals surface area contributed by atoms with Crippen molar-refractivity contribution in [2.75, 3.05) is 10.2 Å². The summed E-state index contributed by atoms with van der Waals surface area (Å²) in [6.45, 7) is 3.99. The minimum atomic E-state index is -0.855. The lowest BCUT2D eigenvalue weighted by Crippen LogP contribution is -2.65. The van der Waals surface area contributed by atoms with Crippen LogP contribution in [0.2, 0.25) is 0 Å². The summed E-state index contributed by atoms with van der Waals surface area (Å²) in [5, 5.41) is 6.04. The van der Waals surface area contributed by atoms with Crippen LogP contribution in [0.4, 0.5) is 16.2 Å². The fourth-order valence-corrected chi connectivity index (χ4v) is 4.57. The fourth-order valence-electron chi connectivity index (χ4n) is 4.57. The minimum Gasteiger partial charge on any atom is -0.467 e. The lowest BCUT2D eigenvalue weighted by Gasteiger charge is -2.50. The molecule has 5 rings (SSSR count). The summed E-state index contributed by atoms with van der Waals surface area (Å²) in [7, 11) is 0. The number of carbonyl (C=O) groups excluding carboxylic acids is 2. The van der Waals surface area contributed by atoms with Crippen LogP contribution in [0.15, 0.2) is 72.8 Å². The summed E-state index contributed by atoms with van der Waals surface area (Å²) in [5.74, 6) is 0.538. The number of hydrogen-bond acceptors (Lipinski definition) is 3. The summed E-state index contributed by atoms with van der Waals surface area (Å²) in [4.78, 5) is 27.6. The maximum atomic E-state index is 13.1. The van der Waals surface area contributed by atoms with Gasteiger partial charge in [-0.1, -0.05) is 43.3 Å². The van der Waals surface area contributed by atoms with Gasteiger partial charge in [-0.2, -0.15) is 0 Å². The molecule has 3 aromatic rings. The average Bonchev–Trinajstić information content (AvgIpc) is 2.79. The van der Waals surface area contributed by atoms with Crippen LogP contribution in [-0.2, 0) is 6.42 Å². The van der Waals surface area contributed by atoms with Crippen molar-refractivity contribution in [3.8, 4) is 5.75 Å². The molecule has 32 heavy (non-hydrogen) atoms.